The minimum Gasteiger partial charge on any atom is -0.392 e. The molecule has 0 radical (unpaired) electrons. The van der Waals surface area contributed by atoms with Crippen LogP contribution in [0.2, 0.25) is 0 Å². The van der Waals surface area contributed by atoms with Gasteiger partial charge in [-0.25, -0.2) is 0 Å². The van der Waals surface area contributed by atoms with Gasteiger partial charge in [0.25, 0.3) is 0 Å². The highest BCUT2D eigenvalue weighted by molar-refractivity contribution is 5.80. The van der Waals surface area contributed by atoms with Crippen molar-refractivity contribution in [2.75, 3.05) is 33.2 Å². The number of nitrogens with zero attached hydrogens (tertiary/aromatic N) is 2. The fraction of sp³-hybridized carbons (Fsp3) is 0.900. The van der Waals surface area contributed by atoms with Crippen molar-refractivity contribution in [3.63, 3.8) is 0 Å². The molecule has 2 fully saturated rings. The van der Waals surface area contributed by atoms with Gasteiger partial charge in [-0.15, -0.1) is 0 Å². The lowest BCUT2D eigenvalue weighted by Gasteiger charge is -2.18. The normalized spacial score (nSPS) is 34.4. The summed E-state index contributed by atoms with van der Waals surface area (Å²) in [6.45, 7) is 3.41. The number of amides is 1. The molecule has 0 spiro atoms. The first-order chi connectivity index (χ1) is 6.66. The number of carbonyl (C=O) groups is 1. The van der Waals surface area contributed by atoms with Crippen LogP contribution in [0.15, 0.2) is 0 Å². The first-order valence-corrected chi connectivity index (χ1v) is 5.32. The van der Waals surface area contributed by atoms with Crippen LogP contribution in [0.5, 0.6) is 0 Å². The number of likely N-dealkylation sites (tertiary alicyclic amines) is 2. The van der Waals surface area contributed by atoms with Crippen LogP contribution in [-0.2, 0) is 4.79 Å². The molecule has 0 aromatic heterocycles. The third kappa shape index (κ3) is 1.91. The van der Waals surface area contributed by atoms with Gasteiger partial charge in [-0.05, 0) is 12.8 Å². The third-order valence-electron chi connectivity index (χ3n) is 3.26. The van der Waals surface area contributed by atoms with E-state index < -0.39 is 0 Å². The Bertz CT molecular complexity index is 232. The van der Waals surface area contributed by atoms with Crippen molar-refractivity contribution in [1.82, 2.24) is 9.80 Å². The molecule has 80 valence electrons. The zero-order chi connectivity index (χ0) is 10.1. The van der Waals surface area contributed by atoms with E-state index in [1.165, 1.54) is 0 Å². The molecule has 2 saturated heterocycles. The van der Waals surface area contributed by atoms with Gasteiger partial charge in [0.1, 0.15) is 0 Å². The van der Waals surface area contributed by atoms with Gasteiger partial charge >= 0.3 is 0 Å². The van der Waals surface area contributed by atoms with Crippen LogP contribution in [0.4, 0.5) is 0 Å². The molecule has 2 rings (SSSR count). The van der Waals surface area contributed by atoms with Crippen molar-refractivity contribution in [3.05, 3.63) is 0 Å². The second-order valence-electron chi connectivity index (χ2n) is 4.45. The lowest BCUT2D eigenvalue weighted by molar-refractivity contribution is -0.130. The molecule has 0 bridgehead atoms. The molecule has 14 heavy (non-hydrogen) atoms. The number of aliphatic hydroxyl groups is 1. The number of rotatable bonds is 2. The van der Waals surface area contributed by atoms with Gasteiger partial charge < -0.3 is 10.0 Å². The minimum atomic E-state index is -0.177. The molecule has 0 aliphatic carbocycles. The summed E-state index contributed by atoms with van der Waals surface area (Å²) in [6, 6.07) is 0. The number of β-amino-alcohol motifs (C(OH)–C–C–N with tert-alkyl or cyclic N) is 1. The first-order valence-electron chi connectivity index (χ1n) is 5.32. The summed E-state index contributed by atoms with van der Waals surface area (Å²) in [7, 11) is 1.86. The molecular weight excluding hydrogens is 180 g/mol. The lowest BCUT2D eigenvalue weighted by Crippen LogP contribution is -2.32. The van der Waals surface area contributed by atoms with Crippen molar-refractivity contribution in [2.45, 2.75) is 18.9 Å². The van der Waals surface area contributed by atoms with E-state index >= 15 is 0 Å². The second kappa shape index (κ2) is 3.87. The number of carbonyl (C=O) groups excluding carboxylic acids is 1. The average molecular weight is 198 g/mol. The summed E-state index contributed by atoms with van der Waals surface area (Å²) in [6.07, 6.45) is 1.66. The van der Waals surface area contributed by atoms with Gasteiger partial charge in [0, 0.05) is 33.2 Å². The summed E-state index contributed by atoms with van der Waals surface area (Å²) < 4.78 is 0. The number of hydrogen-bond acceptors (Lipinski definition) is 3. The molecule has 4 heteroatoms. The van der Waals surface area contributed by atoms with Crippen LogP contribution in [0, 0.1) is 5.92 Å². The number of hydrogen-bond donors (Lipinski definition) is 1. The van der Waals surface area contributed by atoms with Gasteiger partial charge in [-0.1, -0.05) is 0 Å². The zero-order valence-corrected chi connectivity index (χ0v) is 8.65. The van der Waals surface area contributed by atoms with E-state index in [9.17, 15) is 9.90 Å². The third-order valence-corrected chi connectivity index (χ3v) is 3.26. The monoisotopic (exact) mass is 198 g/mol. The van der Waals surface area contributed by atoms with Gasteiger partial charge in [-0.2, -0.15) is 0 Å². The van der Waals surface area contributed by atoms with Crippen molar-refractivity contribution in [1.29, 1.82) is 0 Å². The SMILES string of the molecule is CN1CCC(CN2CC[C@@H](O)C2)C1=O. The fourth-order valence-electron chi connectivity index (χ4n) is 2.35. The van der Waals surface area contributed by atoms with Gasteiger partial charge in [0.05, 0.1) is 12.0 Å². The van der Waals surface area contributed by atoms with E-state index in [1.807, 2.05) is 7.05 Å². The summed E-state index contributed by atoms with van der Waals surface area (Å²) in [5, 5.41) is 9.35. The van der Waals surface area contributed by atoms with Crippen molar-refractivity contribution in [3.8, 4) is 0 Å². The summed E-state index contributed by atoms with van der Waals surface area (Å²) in [5.41, 5.74) is 0. The largest absolute Gasteiger partial charge is 0.392 e. The molecular formula is C10H18N2O2. The lowest BCUT2D eigenvalue weighted by atomic mass is 10.1. The molecule has 1 unspecified atom stereocenters. The zero-order valence-electron chi connectivity index (χ0n) is 8.65. The average Bonchev–Trinajstić information content (AvgIpc) is 2.67. The standard InChI is InChI=1S/C10H18N2O2/c1-11-4-2-8(10(11)14)6-12-5-3-9(13)7-12/h8-9,13H,2-7H2,1H3/t8?,9-/m1/s1. The quantitative estimate of drug-likeness (QED) is 0.652. The van der Waals surface area contributed by atoms with E-state index in [-0.39, 0.29) is 17.9 Å². The van der Waals surface area contributed by atoms with Crippen LogP contribution < -0.4 is 0 Å². The molecule has 0 aromatic rings. The van der Waals surface area contributed by atoms with Crippen LogP contribution in [0.1, 0.15) is 12.8 Å². The number of aliphatic hydroxyl groups excluding tert-OH is 1. The Balaban J connectivity index is 1.83. The molecule has 2 heterocycles. The summed E-state index contributed by atoms with van der Waals surface area (Å²) in [5.74, 6) is 0.441. The summed E-state index contributed by atoms with van der Waals surface area (Å²) >= 11 is 0. The van der Waals surface area contributed by atoms with Crippen LogP contribution >= 0.6 is 0 Å². The second-order valence-corrected chi connectivity index (χ2v) is 4.45. The molecule has 2 atom stereocenters. The van der Waals surface area contributed by atoms with E-state index in [1.54, 1.807) is 4.90 Å². The highest BCUT2D eigenvalue weighted by Gasteiger charge is 2.32. The Morgan fingerprint density at radius 2 is 2.21 bits per heavy atom. The van der Waals surface area contributed by atoms with Crippen molar-refractivity contribution in [2.24, 2.45) is 5.92 Å². The Hall–Kier alpha value is -0.610. The van der Waals surface area contributed by atoms with Crippen LogP contribution in [0.3, 0.4) is 0 Å². The maximum atomic E-state index is 11.6. The highest BCUT2D eigenvalue weighted by Crippen LogP contribution is 2.19. The molecule has 0 saturated carbocycles. The maximum absolute atomic E-state index is 11.6. The molecule has 2 aliphatic rings. The van der Waals surface area contributed by atoms with Crippen LogP contribution in [-0.4, -0.2) is 60.1 Å². The van der Waals surface area contributed by atoms with Gasteiger partial charge in [-0.3, -0.25) is 9.69 Å². The van der Waals surface area contributed by atoms with Crippen molar-refractivity contribution < 1.29 is 9.90 Å². The van der Waals surface area contributed by atoms with Crippen LogP contribution in [0.25, 0.3) is 0 Å². The highest BCUT2D eigenvalue weighted by atomic mass is 16.3. The predicted octanol–water partition coefficient (Wildman–Crippen LogP) is -0.469. The minimum absolute atomic E-state index is 0.172. The maximum Gasteiger partial charge on any atom is 0.226 e. The van der Waals surface area contributed by atoms with Gasteiger partial charge in [0.15, 0.2) is 0 Å². The predicted molar refractivity (Wildman–Crippen MR) is 52.8 cm³/mol. The van der Waals surface area contributed by atoms with Crippen molar-refractivity contribution >= 4 is 5.91 Å². The molecule has 1 amide bonds. The van der Waals surface area contributed by atoms with E-state index in [4.69, 9.17) is 0 Å². The summed E-state index contributed by atoms with van der Waals surface area (Å²) in [4.78, 5) is 15.6. The fourth-order valence-corrected chi connectivity index (χ4v) is 2.35. The molecule has 4 nitrogen and oxygen atoms in total. The smallest absolute Gasteiger partial charge is 0.226 e. The van der Waals surface area contributed by atoms with E-state index in [2.05, 4.69) is 4.90 Å². The Morgan fingerprint density at radius 1 is 1.43 bits per heavy atom. The Labute approximate surface area is 84.5 Å². The van der Waals surface area contributed by atoms with Gasteiger partial charge in [0.2, 0.25) is 5.91 Å². The van der Waals surface area contributed by atoms with E-state index in [0.29, 0.717) is 0 Å². The first kappa shape index (κ1) is 9.93. The topological polar surface area (TPSA) is 43.8 Å². The molecule has 0 aromatic carbocycles. The molecule has 1 N–H and O–H groups in total. The molecule has 2 aliphatic heterocycles. The Kier molecular flexibility index (Phi) is 2.74. The van der Waals surface area contributed by atoms with E-state index in [0.717, 1.165) is 39.0 Å². The Morgan fingerprint density at radius 3 is 2.71 bits per heavy atom.